The maximum Gasteiger partial charge on any atom is 0.165 e. The van der Waals surface area contributed by atoms with Gasteiger partial charge in [0, 0.05) is 9.35 Å². The molecule has 0 amide bonds. The molecule has 0 saturated heterocycles. The molecule has 0 aliphatic rings. The highest BCUT2D eigenvalue weighted by Crippen LogP contribution is 2.41. The lowest BCUT2D eigenvalue weighted by atomic mass is 10.1. The van der Waals surface area contributed by atoms with Crippen LogP contribution in [0.1, 0.15) is 15.8 Å². The Balaban J connectivity index is 2.36. The lowest BCUT2D eigenvalue weighted by molar-refractivity contribution is 0.386. The molecule has 96 valence electrons. The summed E-state index contributed by atoms with van der Waals surface area (Å²) in [7, 11) is 1.42. The summed E-state index contributed by atoms with van der Waals surface area (Å²) in [6, 6.07) is 6.43. The standard InChI is InChI=1S/C12H8BrCl2FOS/c1-17-9-4-6(2-3-8(9)16)11(14)10-5-7(13)12(15)18-10/h2-5,11H,1H3. The third-order valence-electron chi connectivity index (χ3n) is 2.38. The molecule has 0 aliphatic carbocycles. The molecular weight excluding hydrogens is 362 g/mol. The van der Waals surface area contributed by atoms with Crippen molar-refractivity contribution in [3.05, 3.63) is 49.3 Å². The third kappa shape index (κ3) is 2.82. The van der Waals surface area contributed by atoms with E-state index in [0.717, 1.165) is 14.9 Å². The van der Waals surface area contributed by atoms with E-state index in [0.29, 0.717) is 4.34 Å². The molecule has 1 atom stereocenters. The van der Waals surface area contributed by atoms with Crippen molar-refractivity contribution >= 4 is 50.5 Å². The molecule has 2 aromatic rings. The fourth-order valence-corrected chi connectivity index (χ4v) is 3.56. The summed E-state index contributed by atoms with van der Waals surface area (Å²) < 4.78 is 19.7. The molecule has 0 radical (unpaired) electrons. The minimum atomic E-state index is -0.407. The van der Waals surface area contributed by atoms with E-state index in [-0.39, 0.29) is 11.1 Å². The first-order valence-electron chi connectivity index (χ1n) is 4.95. The third-order valence-corrected chi connectivity index (χ3v) is 5.54. The minimum Gasteiger partial charge on any atom is -0.494 e. The topological polar surface area (TPSA) is 9.23 Å². The Bertz CT molecular complexity index is 554. The number of hydrogen-bond donors (Lipinski definition) is 0. The Kier molecular flexibility index (Phi) is 4.54. The Labute approximate surface area is 127 Å². The molecule has 0 aliphatic heterocycles. The van der Waals surface area contributed by atoms with Crippen LogP contribution in [0.15, 0.2) is 28.7 Å². The predicted molar refractivity (Wildman–Crippen MR) is 77.7 cm³/mol. The van der Waals surface area contributed by atoms with Crippen molar-refractivity contribution in [2.24, 2.45) is 0 Å². The molecule has 0 saturated carbocycles. The molecule has 1 unspecified atom stereocenters. The Morgan fingerprint density at radius 3 is 2.67 bits per heavy atom. The van der Waals surface area contributed by atoms with E-state index in [4.69, 9.17) is 27.9 Å². The van der Waals surface area contributed by atoms with E-state index in [1.165, 1.54) is 24.5 Å². The lowest BCUT2D eigenvalue weighted by Crippen LogP contribution is -1.94. The summed E-state index contributed by atoms with van der Waals surface area (Å²) in [6.45, 7) is 0. The van der Waals surface area contributed by atoms with Crippen molar-refractivity contribution in [3.63, 3.8) is 0 Å². The largest absolute Gasteiger partial charge is 0.494 e. The number of rotatable bonds is 3. The first-order chi connectivity index (χ1) is 8.52. The van der Waals surface area contributed by atoms with Crippen LogP contribution in [0.3, 0.4) is 0 Å². The summed E-state index contributed by atoms with van der Waals surface area (Å²) in [5, 5.41) is -0.381. The maximum atomic E-state index is 13.3. The molecule has 0 spiro atoms. The summed E-state index contributed by atoms with van der Waals surface area (Å²) in [5.74, 6) is -0.227. The van der Waals surface area contributed by atoms with Crippen LogP contribution < -0.4 is 4.74 Å². The van der Waals surface area contributed by atoms with Crippen LogP contribution in [-0.4, -0.2) is 7.11 Å². The molecule has 1 aromatic heterocycles. The van der Waals surface area contributed by atoms with Gasteiger partial charge in [0.15, 0.2) is 11.6 Å². The van der Waals surface area contributed by atoms with Crippen molar-refractivity contribution in [2.75, 3.05) is 7.11 Å². The van der Waals surface area contributed by atoms with Gasteiger partial charge >= 0.3 is 0 Å². The highest BCUT2D eigenvalue weighted by Gasteiger charge is 2.17. The fourth-order valence-electron chi connectivity index (χ4n) is 1.49. The quantitative estimate of drug-likeness (QED) is 0.636. The monoisotopic (exact) mass is 368 g/mol. The van der Waals surface area contributed by atoms with E-state index in [9.17, 15) is 4.39 Å². The van der Waals surface area contributed by atoms with Crippen LogP contribution in [0.5, 0.6) is 5.75 Å². The van der Waals surface area contributed by atoms with E-state index >= 15 is 0 Å². The van der Waals surface area contributed by atoms with Crippen molar-refractivity contribution in [1.29, 1.82) is 0 Å². The smallest absolute Gasteiger partial charge is 0.165 e. The van der Waals surface area contributed by atoms with Gasteiger partial charge in [-0.05, 0) is 39.7 Å². The second kappa shape index (κ2) is 5.78. The van der Waals surface area contributed by atoms with Gasteiger partial charge in [0.25, 0.3) is 0 Å². The van der Waals surface area contributed by atoms with Crippen molar-refractivity contribution in [2.45, 2.75) is 5.38 Å². The van der Waals surface area contributed by atoms with Crippen LogP contribution in [0.4, 0.5) is 4.39 Å². The van der Waals surface area contributed by atoms with Gasteiger partial charge in [-0.25, -0.2) is 4.39 Å². The Morgan fingerprint density at radius 2 is 2.11 bits per heavy atom. The minimum absolute atomic E-state index is 0.180. The number of halogens is 4. The molecule has 0 bridgehead atoms. The highest BCUT2D eigenvalue weighted by molar-refractivity contribution is 9.10. The SMILES string of the molecule is COc1cc(C(Cl)c2cc(Br)c(Cl)s2)ccc1F. The molecule has 6 heteroatoms. The lowest BCUT2D eigenvalue weighted by Gasteiger charge is -2.10. The van der Waals surface area contributed by atoms with E-state index in [1.54, 1.807) is 12.1 Å². The molecular formula is C12H8BrCl2FOS. The molecule has 0 N–H and O–H groups in total. The summed E-state index contributed by atoms with van der Waals surface area (Å²) in [6.07, 6.45) is 0. The zero-order chi connectivity index (χ0) is 13.3. The van der Waals surface area contributed by atoms with E-state index in [2.05, 4.69) is 15.9 Å². The predicted octanol–water partition coefficient (Wildman–Crippen LogP) is 5.64. The first-order valence-corrected chi connectivity index (χ1v) is 7.37. The highest BCUT2D eigenvalue weighted by atomic mass is 79.9. The zero-order valence-electron chi connectivity index (χ0n) is 9.22. The van der Waals surface area contributed by atoms with Crippen LogP contribution in [-0.2, 0) is 0 Å². The average Bonchev–Trinajstić information content (AvgIpc) is 2.69. The van der Waals surface area contributed by atoms with Gasteiger partial charge in [-0.15, -0.1) is 22.9 Å². The van der Waals surface area contributed by atoms with Crippen LogP contribution >= 0.6 is 50.5 Å². The van der Waals surface area contributed by atoms with Crippen molar-refractivity contribution < 1.29 is 9.13 Å². The summed E-state index contributed by atoms with van der Waals surface area (Å²) in [5.41, 5.74) is 0.764. The zero-order valence-corrected chi connectivity index (χ0v) is 13.1. The van der Waals surface area contributed by atoms with E-state index in [1.807, 2.05) is 6.07 Å². The Morgan fingerprint density at radius 1 is 1.39 bits per heavy atom. The van der Waals surface area contributed by atoms with E-state index < -0.39 is 5.82 Å². The van der Waals surface area contributed by atoms with Crippen molar-refractivity contribution in [3.8, 4) is 5.75 Å². The number of benzene rings is 1. The van der Waals surface area contributed by atoms with Gasteiger partial charge < -0.3 is 4.74 Å². The molecule has 1 aromatic carbocycles. The molecule has 2 rings (SSSR count). The number of ether oxygens (including phenoxy) is 1. The van der Waals surface area contributed by atoms with Gasteiger partial charge in [-0.2, -0.15) is 0 Å². The number of hydrogen-bond acceptors (Lipinski definition) is 2. The molecule has 1 nitrogen and oxygen atoms in total. The molecule has 0 fully saturated rings. The second-order valence-electron chi connectivity index (χ2n) is 3.53. The summed E-state index contributed by atoms with van der Waals surface area (Å²) >= 11 is 17.0. The average molecular weight is 370 g/mol. The van der Waals surface area contributed by atoms with Crippen LogP contribution in [0, 0.1) is 5.82 Å². The number of methoxy groups -OCH3 is 1. The fraction of sp³-hybridized carbons (Fsp3) is 0.167. The van der Waals surface area contributed by atoms with Gasteiger partial charge in [-0.1, -0.05) is 17.7 Å². The Hall–Kier alpha value is -0.290. The maximum absolute atomic E-state index is 13.3. The summed E-state index contributed by atoms with van der Waals surface area (Å²) in [4.78, 5) is 0.891. The van der Waals surface area contributed by atoms with Crippen LogP contribution in [0.2, 0.25) is 4.34 Å². The van der Waals surface area contributed by atoms with Crippen molar-refractivity contribution in [1.82, 2.24) is 0 Å². The molecule has 18 heavy (non-hydrogen) atoms. The number of alkyl halides is 1. The van der Waals surface area contributed by atoms with Gasteiger partial charge in [-0.3, -0.25) is 0 Å². The van der Waals surface area contributed by atoms with Gasteiger partial charge in [0.1, 0.15) is 4.34 Å². The normalized spacial score (nSPS) is 12.5. The number of thiophene rings is 1. The second-order valence-corrected chi connectivity index (χ2v) is 6.50. The van der Waals surface area contributed by atoms with Gasteiger partial charge in [0.2, 0.25) is 0 Å². The first kappa shape index (κ1) is 14.1. The van der Waals surface area contributed by atoms with Crippen LogP contribution in [0.25, 0.3) is 0 Å². The molecule has 1 heterocycles. The van der Waals surface area contributed by atoms with Gasteiger partial charge in [0.05, 0.1) is 12.5 Å².